The molecule has 0 saturated heterocycles. The molecule has 0 radical (unpaired) electrons. The van der Waals surface area contributed by atoms with Crippen LogP contribution in [0.4, 0.5) is 0 Å². The Morgan fingerprint density at radius 3 is 1.74 bits per heavy atom. The molecule has 9 nitrogen and oxygen atoms in total. The SMILES string of the molecule is CCCCCCCCCCCCCCCCCC(=O)OC[C@H](COP(=O)(O)OCC[N+](C)(C)C)OCCCCCCCC/C=C\C=C\C(O)CCCCC. The molecule has 0 amide bonds. The van der Waals surface area contributed by atoms with Crippen molar-refractivity contribution in [2.75, 3.05) is 54.1 Å². The highest BCUT2D eigenvalue weighted by Gasteiger charge is 2.25. The quantitative estimate of drug-likeness (QED) is 0.0207. The van der Waals surface area contributed by atoms with Crippen LogP contribution in [0.5, 0.6) is 0 Å². The number of rotatable bonds is 41. The van der Waals surface area contributed by atoms with Crippen molar-refractivity contribution in [3.8, 4) is 0 Å². The molecule has 0 fully saturated rings. The minimum absolute atomic E-state index is 0.0169. The number of aliphatic hydroxyl groups excluding tert-OH is 1. The predicted molar refractivity (Wildman–Crippen MR) is 226 cm³/mol. The van der Waals surface area contributed by atoms with E-state index in [0.29, 0.717) is 24.1 Å². The van der Waals surface area contributed by atoms with Gasteiger partial charge in [0.2, 0.25) is 0 Å². The van der Waals surface area contributed by atoms with Crippen molar-refractivity contribution in [3.63, 3.8) is 0 Å². The van der Waals surface area contributed by atoms with E-state index >= 15 is 0 Å². The van der Waals surface area contributed by atoms with Gasteiger partial charge < -0.3 is 24.0 Å². The molecular weight excluding hydrogens is 701 g/mol. The largest absolute Gasteiger partial charge is 0.472 e. The Kier molecular flexibility index (Phi) is 36.8. The van der Waals surface area contributed by atoms with E-state index in [1.54, 1.807) is 0 Å². The number of carbonyl (C=O) groups excluding carboxylic acids is 1. The molecular formula is C44H87NO8P+. The minimum atomic E-state index is -4.26. The lowest BCUT2D eigenvalue weighted by molar-refractivity contribution is -0.870. The summed E-state index contributed by atoms with van der Waals surface area (Å²) in [5.41, 5.74) is 0. The second-order valence-electron chi connectivity index (χ2n) is 16.3. The van der Waals surface area contributed by atoms with Crippen molar-refractivity contribution in [2.24, 2.45) is 0 Å². The lowest BCUT2D eigenvalue weighted by atomic mass is 10.0. The van der Waals surface area contributed by atoms with Gasteiger partial charge in [0.1, 0.15) is 25.9 Å². The maximum atomic E-state index is 12.5. The summed E-state index contributed by atoms with van der Waals surface area (Å²) in [6.07, 6.45) is 38.3. The molecule has 0 aromatic carbocycles. The van der Waals surface area contributed by atoms with Crippen molar-refractivity contribution in [3.05, 3.63) is 24.3 Å². The van der Waals surface area contributed by atoms with E-state index in [1.807, 2.05) is 39.4 Å². The van der Waals surface area contributed by atoms with Gasteiger partial charge in [-0.3, -0.25) is 13.8 Å². The molecule has 10 heteroatoms. The first-order valence-corrected chi connectivity index (χ1v) is 23.7. The summed E-state index contributed by atoms with van der Waals surface area (Å²) >= 11 is 0. The predicted octanol–water partition coefficient (Wildman–Crippen LogP) is 11.8. The fourth-order valence-electron chi connectivity index (χ4n) is 6.08. The monoisotopic (exact) mass is 789 g/mol. The number of nitrogens with zero attached hydrogens (tertiary/aromatic N) is 1. The summed E-state index contributed by atoms with van der Waals surface area (Å²) in [4.78, 5) is 22.7. The summed E-state index contributed by atoms with van der Waals surface area (Å²) in [5, 5.41) is 9.94. The molecule has 54 heavy (non-hydrogen) atoms. The van der Waals surface area contributed by atoms with Gasteiger partial charge in [-0.15, -0.1) is 0 Å². The molecule has 0 aliphatic carbocycles. The highest BCUT2D eigenvalue weighted by atomic mass is 31.2. The first-order chi connectivity index (χ1) is 26.0. The van der Waals surface area contributed by atoms with Crippen molar-refractivity contribution in [2.45, 2.75) is 199 Å². The van der Waals surface area contributed by atoms with Crippen LogP contribution in [-0.2, 0) is 27.9 Å². The molecule has 3 atom stereocenters. The average Bonchev–Trinajstić information content (AvgIpc) is 3.12. The summed E-state index contributed by atoms with van der Waals surface area (Å²) < 4.78 is 35.0. The molecule has 0 aromatic rings. The van der Waals surface area contributed by atoms with E-state index in [0.717, 1.165) is 70.6 Å². The molecule has 2 unspecified atom stereocenters. The average molecular weight is 789 g/mol. The Morgan fingerprint density at radius 2 is 1.17 bits per heavy atom. The Hall–Kier alpha value is -1.06. The first kappa shape index (κ1) is 52.9. The third-order valence-electron chi connectivity index (χ3n) is 9.66. The number of hydrogen-bond acceptors (Lipinski definition) is 7. The number of carbonyl (C=O) groups is 1. The maximum Gasteiger partial charge on any atom is 0.472 e. The van der Waals surface area contributed by atoms with Gasteiger partial charge in [-0.1, -0.05) is 173 Å². The number of quaternary nitrogens is 1. The number of phosphoric ester groups is 1. The molecule has 0 aromatic heterocycles. The van der Waals surface area contributed by atoms with E-state index in [9.17, 15) is 19.4 Å². The van der Waals surface area contributed by atoms with E-state index in [4.69, 9.17) is 18.5 Å². The highest BCUT2D eigenvalue weighted by molar-refractivity contribution is 7.47. The van der Waals surface area contributed by atoms with E-state index in [2.05, 4.69) is 19.9 Å². The highest BCUT2D eigenvalue weighted by Crippen LogP contribution is 2.43. The lowest BCUT2D eigenvalue weighted by Gasteiger charge is -2.24. The van der Waals surface area contributed by atoms with Crippen molar-refractivity contribution >= 4 is 13.8 Å². The van der Waals surface area contributed by atoms with E-state index in [1.165, 1.54) is 96.3 Å². The zero-order valence-electron chi connectivity index (χ0n) is 35.8. The summed E-state index contributed by atoms with van der Waals surface area (Å²) in [7, 11) is 1.68. The Balaban J connectivity index is 4.27. The Bertz CT molecular complexity index is 938. The number of unbranched alkanes of at least 4 members (excludes halogenated alkanes) is 22. The fourth-order valence-corrected chi connectivity index (χ4v) is 6.82. The normalized spacial score (nSPS) is 14.6. The van der Waals surface area contributed by atoms with Gasteiger partial charge in [-0.2, -0.15) is 0 Å². The number of phosphoric acid groups is 1. The number of ether oxygens (including phenoxy) is 2. The zero-order valence-corrected chi connectivity index (χ0v) is 36.7. The molecule has 0 bridgehead atoms. The van der Waals surface area contributed by atoms with Crippen LogP contribution in [0.1, 0.15) is 187 Å². The number of hydrogen-bond donors (Lipinski definition) is 2. The fraction of sp³-hybridized carbons (Fsp3) is 0.886. The number of likely N-dealkylation sites (N-methyl/N-ethyl adjacent to an activating group) is 1. The van der Waals surface area contributed by atoms with Gasteiger partial charge in [0.25, 0.3) is 0 Å². The molecule has 0 saturated carbocycles. The second-order valence-corrected chi connectivity index (χ2v) is 17.7. The van der Waals surface area contributed by atoms with Crippen molar-refractivity contribution < 1.29 is 42.4 Å². The third-order valence-corrected chi connectivity index (χ3v) is 10.6. The van der Waals surface area contributed by atoms with Gasteiger partial charge in [0.15, 0.2) is 0 Å². The topological polar surface area (TPSA) is 112 Å². The number of aliphatic hydroxyl groups is 1. The molecule has 2 N–H and O–H groups in total. The summed E-state index contributed by atoms with van der Waals surface area (Å²) in [5.74, 6) is -0.268. The lowest BCUT2D eigenvalue weighted by Crippen LogP contribution is -2.37. The van der Waals surface area contributed by atoms with Crippen LogP contribution < -0.4 is 0 Å². The third kappa shape index (κ3) is 40.6. The van der Waals surface area contributed by atoms with Gasteiger partial charge in [-0.25, -0.2) is 4.57 Å². The van der Waals surface area contributed by atoms with E-state index < -0.39 is 13.9 Å². The zero-order chi connectivity index (χ0) is 40.0. The molecule has 0 aliphatic rings. The van der Waals surface area contributed by atoms with Crippen molar-refractivity contribution in [1.29, 1.82) is 0 Å². The summed E-state index contributed by atoms with van der Waals surface area (Å²) in [6, 6.07) is 0. The van der Waals surface area contributed by atoms with Crippen LogP contribution in [0, 0.1) is 0 Å². The van der Waals surface area contributed by atoms with Crippen LogP contribution in [0.2, 0.25) is 0 Å². The molecule has 0 heterocycles. The Labute approximate surface area is 333 Å². The van der Waals surface area contributed by atoms with Crippen LogP contribution in [-0.4, -0.2) is 86.8 Å². The molecule has 0 rings (SSSR count). The van der Waals surface area contributed by atoms with E-state index in [-0.39, 0.29) is 31.9 Å². The summed E-state index contributed by atoms with van der Waals surface area (Å²) in [6.45, 7) is 5.34. The van der Waals surface area contributed by atoms with Crippen molar-refractivity contribution in [1.82, 2.24) is 0 Å². The van der Waals surface area contributed by atoms with Gasteiger partial charge in [0.05, 0.1) is 33.9 Å². The van der Waals surface area contributed by atoms with Gasteiger partial charge in [-0.05, 0) is 32.1 Å². The smallest absolute Gasteiger partial charge is 0.463 e. The molecule has 0 spiro atoms. The maximum absolute atomic E-state index is 12.5. The number of esters is 1. The number of allylic oxidation sites excluding steroid dienone is 3. The first-order valence-electron chi connectivity index (χ1n) is 22.2. The van der Waals surface area contributed by atoms with Crippen LogP contribution in [0.3, 0.4) is 0 Å². The second kappa shape index (κ2) is 37.5. The van der Waals surface area contributed by atoms with Gasteiger partial charge in [0, 0.05) is 13.0 Å². The van der Waals surface area contributed by atoms with Crippen LogP contribution in [0.15, 0.2) is 24.3 Å². The molecule has 320 valence electrons. The Morgan fingerprint density at radius 1 is 0.648 bits per heavy atom. The van der Waals surface area contributed by atoms with Gasteiger partial charge >= 0.3 is 13.8 Å². The van der Waals surface area contributed by atoms with Crippen LogP contribution in [0.25, 0.3) is 0 Å². The molecule has 0 aliphatic heterocycles. The van der Waals surface area contributed by atoms with Crippen LogP contribution >= 0.6 is 7.82 Å². The minimum Gasteiger partial charge on any atom is -0.463 e. The standard InChI is InChI=1S/C44H86NO8P/c1-6-8-10-11-12-13-14-15-16-17-18-22-25-28-32-36-44(47)51-40-43(41-53-54(48,49)52-39-37-45(3,4)5)50-38-33-29-26-23-20-19-21-24-27-31-35-42(46)34-30-9-7-2/h24,27,31,35,42-43,46H,6-23,25-26,28-30,32-34,36-41H2,1-5H3/p+1/b27-24-,35-31+/t42?,43-/m1/s1.